The van der Waals surface area contributed by atoms with Gasteiger partial charge in [0.25, 0.3) is 0 Å². The van der Waals surface area contributed by atoms with Gasteiger partial charge < -0.3 is 15.3 Å². The molecule has 1 atom stereocenters. The van der Waals surface area contributed by atoms with Crippen LogP contribution in [0.25, 0.3) is 0 Å². The number of nitrogens with zero attached hydrogens (tertiary/aromatic N) is 3. The standard InChI is InChI=1S/C14H24N4O/c1-3-4-7-15-13-9-14(17-11(2)16-13)18-8-5-6-12(19)10-18/h9,12,19H,3-8,10H2,1-2H3,(H,15,16,17). The van der Waals surface area contributed by atoms with Gasteiger partial charge in [0.15, 0.2) is 0 Å². The minimum Gasteiger partial charge on any atom is -0.391 e. The SMILES string of the molecule is CCCCNc1cc(N2CCCC(O)C2)nc(C)n1. The van der Waals surface area contributed by atoms with E-state index in [0.717, 1.165) is 49.8 Å². The minimum atomic E-state index is -0.236. The molecule has 1 aromatic rings. The van der Waals surface area contributed by atoms with E-state index >= 15 is 0 Å². The first-order chi connectivity index (χ1) is 9.19. The Hall–Kier alpha value is -1.36. The molecular formula is C14H24N4O. The third kappa shape index (κ3) is 4.06. The number of unbranched alkanes of at least 4 members (excludes halogenated alkanes) is 1. The van der Waals surface area contributed by atoms with Crippen LogP contribution >= 0.6 is 0 Å². The summed E-state index contributed by atoms with van der Waals surface area (Å²) < 4.78 is 0. The topological polar surface area (TPSA) is 61.3 Å². The number of β-amino-alcohol motifs (C(OH)–C–C–N with tert-alkyl or cyclic N) is 1. The minimum absolute atomic E-state index is 0.236. The highest BCUT2D eigenvalue weighted by molar-refractivity contribution is 5.49. The molecular weight excluding hydrogens is 240 g/mol. The zero-order chi connectivity index (χ0) is 13.7. The molecule has 0 aliphatic carbocycles. The number of hydrogen-bond acceptors (Lipinski definition) is 5. The van der Waals surface area contributed by atoms with E-state index in [2.05, 4.69) is 27.1 Å². The van der Waals surface area contributed by atoms with Gasteiger partial charge in [-0.15, -0.1) is 0 Å². The maximum atomic E-state index is 9.75. The van der Waals surface area contributed by atoms with Crippen LogP contribution in [0.1, 0.15) is 38.4 Å². The number of hydrogen-bond donors (Lipinski definition) is 2. The Morgan fingerprint density at radius 3 is 3.05 bits per heavy atom. The van der Waals surface area contributed by atoms with Crippen LogP contribution in [0, 0.1) is 6.92 Å². The normalized spacial score (nSPS) is 19.5. The molecule has 0 radical (unpaired) electrons. The molecule has 1 unspecified atom stereocenters. The average molecular weight is 264 g/mol. The first-order valence-electron chi connectivity index (χ1n) is 7.21. The predicted octanol–water partition coefficient (Wildman–Crippen LogP) is 1.96. The highest BCUT2D eigenvalue weighted by Gasteiger charge is 2.19. The molecule has 1 saturated heterocycles. The summed E-state index contributed by atoms with van der Waals surface area (Å²) in [6.07, 6.45) is 3.98. The maximum Gasteiger partial charge on any atom is 0.134 e. The molecule has 2 rings (SSSR count). The van der Waals surface area contributed by atoms with Gasteiger partial charge in [-0.1, -0.05) is 13.3 Å². The van der Waals surface area contributed by atoms with E-state index in [1.165, 1.54) is 6.42 Å². The molecule has 0 bridgehead atoms. The van der Waals surface area contributed by atoms with Gasteiger partial charge in [-0.05, 0) is 26.2 Å². The zero-order valence-electron chi connectivity index (χ0n) is 11.9. The first kappa shape index (κ1) is 14.1. The Balaban J connectivity index is 2.07. The van der Waals surface area contributed by atoms with E-state index in [1.54, 1.807) is 0 Å². The van der Waals surface area contributed by atoms with Crippen molar-refractivity contribution in [2.24, 2.45) is 0 Å². The monoisotopic (exact) mass is 264 g/mol. The van der Waals surface area contributed by atoms with Crippen LogP contribution in [0.5, 0.6) is 0 Å². The number of piperidine rings is 1. The number of aryl methyl sites for hydroxylation is 1. The Labute approximate surface area is 115 Å². The summed E-state index contributed by atoms with van der Waals surface area (Å²) in [5.74, 6) is 2.58. The van der Waals surface area contributed by atoms with Crippen molar-refractivity contribution in [3.05, 3.63) is 11.9 Å². The second-order valence-electron chi connectivity index (χ2n) is 5.18. The van der Waals surface area contributed by atoms with E-state index in [0.29, 0.717) is 6.54 Å². The Kier molecular flexibility index (Phi) is 4.96. The fourth-order valence-corrected chi connectivity index (χ4v) is 2.36. The molecule has 5 nitrogen and oxygen atoms in total. The van der Waals surface area contributed by atoms with Crippen molar-refractivity contribution in [2.45, 2.75) is 45.6 Å². The number of aromatic nitrogens is 2. The van der Waals surface area contributed by atoms with Gasteiger partial charge in [-0.3, -0.25) is 0 Å². The van der Waals surface area contributed by atoms with Crippen molar-refractivity contribution >= 4 is 11.6 Å². The van der Waals surface area contributed by atoms with Crippen molar-refractivity contribution in [3.63, 3.8) is 0 Å². The fraction of sp³-hybridized carbons (Fsp3) is 0.714. The summed E-state index contributed by atoms with van der Waals surface area (Å²) in [5, 5.41) is 13.1. The molecule has 0 spiro atoms. The van der Waals surface area contributed by atoms with Gasteiger partial charge in [0, 0.05) is 25.7 Å². The Morgan fingerprint density at radius 2 is 2.32 bits per heavy atom. The summed E-state index contributed by atoms with van der Waals surface area (Å²) in [5.41, 5.74) is 0. The molecule has 1 aliphatic rings. The second-order valence-corrected chi connectivity index (χ2v) is 5.18. The molecule has 1 fully saturated rings. The van der Waals surface area contributed by atoms with Crippen molar-refractivity contribution in [1.82, 2.24) is 9.97 Å². The van der Waals surface area contributed by atoms with Gasteiger partial charge in [0.2, 0.25) is 0 Å². The molecule has 106 valence electrons. The molecule has 0 amide bonds. The number of aliphatic hydroxyl groups is 1. The second kappa shape index (κ2) is 6.70. The summed E-state index contributed by atoms with van der Waals surface area (Å²) >= 11 is 0. The van der Waals surface area contributed by atoms with Gasteiger partial charge in [0.05, 0.1) is 6.10 Å². The average Bonchev–Trinajstić information content (AvgIpc) is 2.38. The van der Waals surface area contributed by atoms with E-state index < -0.39 is 0 Å². The van der Waals surface area contributed by atoms with E-state index in [1.807, 2.05) is 13.0 Å². The summed E-state index contributed by atoms with van der Waals surface area (Å²) in [6.45, 7) is 6.66. The maximum absolute atomic E-state index is 9.75. The highest BCUT2D eigenvalue weighted by atomic mass is 16.3. The first-order valence-corrected chi connectivity index (χ1v) is 7.21. The summed E-state index contributed by atoms with van der Waals surface area (Å²) in [6, 6.07) is 1.99. The lowest BCUT2D eigenvalue weighted by Crippen LogP contribution is -2.38. The van der Waals surface area contributed by atoms with Crippen molar-refractivity contribution in [2.75, 3.05) is 29.9 Å². The van der Waals surface area contributed by atoms with E-state index in [4.69, 9.17) is 0 Å². The Morgan fingerprint density at radius 1 is 1.47 bits per heavy atom. The molecule has 1 aliphatic heterocycles. The van der Waals surface area contributed by atoms with Crippen LogP contribution in [-0.4, -0.2) is 40.8 Å². The molecule has 5 heteroatoms. The van der Waals surface area contributed by atoms with Crippen molar-refractivity contribution < 1.29 is 5.11 Å². The van der Waals surface area contributed by atoms with Crippen molar-refractivity contribution in [1.29, 1.82) is 0 Å². The van der Waals surface area contributed by atoms with E-state index in [9.17, 15) is 5.11 Å². The van der Waals surface area contributed by atoms with Crippen LogP contribution in [0.4, 0.5) is 11.6 Å². The molecule has 2 heterocycles. The van der Waals surface area contributed by atoms with Crippen LogP contribution in [0.3, 0.4) is 0 Å². The molecule has 2 N–H and O–H groups in total. The van der Waals surface area contributed by atoms with Crippen LogP contribution < -0.4 is 10.2 Å². The molecule has 19 heavy (non-hydrogen) atoms. The Bertz CT molecular complexity index is 410. The molecule has 0 aromatic carbocycles. The van der Waals surface area contributed by atoms with Gasteiger partial charge >= 0.3 is 0 Å². The number of rotatable bonds is 5. The predicted molar refractivity (Wildman–Crippen MR) is 77.6 cm³/mol. The smallest absolute Gasteiger partial charge is 0.134 e. The lowest BCUT2D eigenvalue weighted by molar-refractivity contribution is 0.154. The third-order valence-corrected chi connectivity index (χ3v) is 3.38. The summed E-state index contributed by atoms with van der Waals surface area (Å²) in [7, 11) is 0. The highest BCUT2D eigenvalue weighted by Crippen LogP contribution is 2.20. The number of nitrogens with one attached hydrogen (secondary N) is 1. The van der Waals surface area contributed by atoms with Crippen LogP contribution in [0.2, 0.25) is 0 Å². The molecule has 0 saturated carbocycles. The van der Waals surface area contributed by atoms with Crippen LogP contribution in [0.15, 0.2) is 6.07 Å². The van der Waals surface area contributed by atoms with E-state index in [-0.39, 0.29) is 6.10 Å². The molecule has 1 aromatic heterocycles. The van der Waals surface area contributed by atoms with Crippen LogP contribution in [-0.2, 0) is 0 Å². The fourth-order valence-electron chi connectivity index (χ4n) is 2.36. The number of aliphatic hydroxyl groups excluding tert-OH is 1. The third-order valence-electron chi connectivity index (χ3n) is 3.38. The van der Waals surface area contributed by atoms with Gasteiger partial charge in [-0.2, -0.15) is 0 Å². The largest absolute Gasteiger partial charge is 0.391 e. The lowest BCUT2D eigenvalue weighted by Gasteiger charge is -2.31. The van der Waals surface area contributed by atoms with Gasteiger partial charge in [-0.25, -0.2) is 9.97 Å². The quantitative estimate of drug-likeness (QED) is 0.796. The summed E-state index contributed by atoms with van der Waals surface area (Å²) in [4.78, 5) is 11.0. The lowest BCUT2D eigenvalue weighted by atomic mass is 10.1. The van der Waals surface area contributed by atoms with Gasteiger partial charge in [0.1, 0.15) is 17.5 Å². The van der Waals surface area contributed by atoms with Crippen molar-refractivity contribution in [3.8, 4) is 0 Å². The number of anilines is 2. The zero-order valence-corrected chi connectivity index (χ0v) is 11.9.